The van der Waals surface area contributed by atoms with Gasteiger partial charge in [0.2, 0.25) is 15.6 Å². The Morgan fingerprint density at radius 3 is 2.09 bits per heavy atom. The molecule has 2 aliphatic rings. The van der Waals surface area contributed by atoms with Crippen molar-refractivity contribution in [1.29, 1.82) is 0 Å². The van der Waals surface area contributed by atoms with E-state index in [2.05, 4.69) is 0 Å². The van der Waals surface area contributed by atoms with Crippen molar-refractivity contribution in [2.24, 2.45) is 5.41 Å². The molecule has 2 aromatic carbocycles. The van der Waals surface area contributed by atoms with Crippen LogP contribution in [0, 0.1) is 12.3 Å². The Labute approximate surface area is 205 Å². The van der Waals surface area contributed by atoms with Crippen molar-refractivity contribution in [1.82, 2.24) is 4.72 Å². The Morgan fingerprint density at radius 2 is 1.54 bits per heavy atom. The number of sulfonamides is 1. The number of hydrogen-bond donors (Lipinski definition) is 1. The zero-order valence-electron chi connectivity index (χ0n) is 19.0. The smallest absolute Gasteiger partial charge is 0.294 e. The molecule has 0 bridgehead atoms. The van der Waals surface area contributed by atoms with Crippen molar-refractivity contribution in [2.75, 3.05) is 4.90 Å². The van der Waals surface area contributed by atoms with Crippen LogP contribution in [0.5, 0.6) is 0 Å². The van der Waals surface area contributed by atoms with Crippen molar-refractivity contribution in [3.8, 4) is 0 Å². The molecule has 0 aromatic heterocycles. The lowest BCUT2D eigenvalue weighted by molar-refractivity contribution is -0.184. The second kappa shape index (κ2) is 8.18. The predicted octanol–water partition coefficient (Wildman–Crippen LogP) is 4.92. The molecule has 6 nitrogen and oxygen atoms in total. The molecule has 2 aromatic rings. The minimum atomic E-state index is -5.46. The molecule has 0 saturated carbocycles. The molecule has 11 heteroatoms. The number of rotatable bonds is 4. The summed E-state index contributed by atoms with van der Waals surface area (Å²) < 4.78 is 72.5. The van der Waals surface area contributed by atoms with Gasteiger partial charge >= 0.3 is 6.18 Å². The van der Waals surface area contributed by atoms with E-state index in [9.17, 15) is 31.2 Å². The first-order valence-electron chi connectivity index (χ1n) is 10.6. The molecular formula is C24H22ClF3N2O4S. The summed E-state index contributed by atoms with van der Waals surface area (Å²) in [5, 5.41) is 0.173. The number of nitrogens with one attached hydrogen (secondary N) is 1. The first kappa shape index (κ1) is 25.4. The average Bonchev–Trinajstić information content (AvgIpc) is 2.96. The van der Waals surface area contributed by atoms with Crippen LogP contribution < -0.4 is 9.62 Å². The number of carbonyl (C=O) groups excluding carboxylic acids is 2. The molecule has 1 unspecified atom stereocenters. The highest BCUT2D eigenvalue weighted by Crippen LogP contribution is 2.53. The average molecular weight is 527 g/mol. The van der Waals surface area contributed by atoms with Crippen LogP contribution >= 0.6 is 11.6 Å². The Hall–Kier alpha value is -2.69. The van der Waals surface area contributed by atoms with Gasteiger partial charge in [-0.25, -0.2) is 8.42 Å². The van der Waals surface area contributed by atoms with Crippen molar-refractivity contribution >= 4 is 39.0 Å². The molecule has 0 saturated heterocycles. The number of allylic oxidation sites excluding steroid dienone is 1. The Kier molecular flexibility index (Phi) is 5.94. The summed E-state index contributed by atoms with van der Waals surface area (Å²) in [6.45, 7) is 5.18. The van der Waals surface area contributed by atoms with Crippen LogP contribution in [0.2, 0.25) is 5.02 Å². The van der Waals surface area contributed by atoms with E-state index < -0.39 is 49.3 Å². The van der Waals surface area contributed by atoms with E-state index in [4.69, 9.17) is 11.6 Å². The lowest BCUT2D eigenvalue weighted by atomic mass is 9.72. The highest BCUT2D eigenvalue weighted by Gasteiger charge is 2.72. The molecule has 0 fully saturated rings. The van der Waals surface area contributed by atoms with Crippen LogP contribution in [0.3, 0.4) is 0 Å². The van der Waals surface area contributed by atoms with E-state index >= 15 is 0 Å². The van der Waals surface area contributed by atoms with Gasteiger partial charge in [0.15, 0.2) is 5.78 Å². The van der Waals surface area contributed by atoms with Gasteiger partial charge in [-0.1, -0.05) is 43.1 Å². The number of ketones is 1. The number of halogens is 4. The Morgan fingerprint density at radius 1 is 0.971 bits per heavy atom. The van der Waals surface area contributed by atoms with E-state index in [1.54, 1.807) is 37.6 Å². The molecule has 0 spiro atoms. The van der Waals surface area contributed by atoms with Crippen molar-refractivity contribution in [2.45, 2.75) is 50.2 Å². The standard InChI is InChI=1S/C24H22ClF3N2O4S/c1-14-4-8-16(9-5-14)30-18-12-22(2,3)13-19(31)20(18)23(21(30)32,24(26,27)28)29-35(33,34)17-10-6-15(25)7-11-17/h4-11,29H,12-13H2,1-3H3. The number of alkyl halides is 3. The van der Waals surface area contributed by atoms with E-state index in [1.165, 1.54) is 24.3 Å². The van der Waals surface area contributed by atoms with Crippen LogP contribution in [-0.2, 0) is 19.6 Å². The molecular weight excluding hydrogens is 505 g/mol. The molecule has 0 radical (unpaired) electrons. The summed E-state index contributed by atoms with van der Waals surface area (Å²) in [6.07, 6.45) is -5.77. The number of nitrogens with zero attached hydrogens (tertiary/aromatic N) is 1. The monoisotopic (exact) mass is 526 g/mol. The molecule has 1 aliphatic heterocycles. The summed E-state index contributed by atoms with van der Waals surface area (Å²) in [7, 11) is -4.91. The van der Waals surface area contributed by atoms with Crippen molar-refractivity contribution in [3.63, 3.8) is 0 Å². The molecule has 186 valence electrons. The third-order valence-corrected chi connectivity index (χ3v) is 7.87. The summed E-state index contributed by atoms with van der Waals surface area (Å²) in [4.78, 5) is 27.2. The number of aryl methyl sites for hydroxylation is 1. The second-order valence-electron chi connectivity index (χ2n) is 9.55. The molecule has 1 heterocycles. The number of hydrogen-bond acceptors (Lipinski definition) is 4. The third-order valence-electron chi connectivity index (χ3n) is 6.15. The topological polar surface area (TPSA) is 83.6 Å². The van der Waals surface area contributed by atoms with Crippen LogP contribution in [0.1, 0.15) is 32.3 Å². The number of amides is 1. The quantitative estimate of drug-likeness (QED) is 0.613. The number of carbonyl (C=O) groups is 2. The van der Waals surface area contributed by atoms with E-state index in [1.807, 2.05) is 0 Å². The van der Waals surface area contributed by atoms with Crippen LogP contribution in [0.4, 0.5) is 18.9 Å². The minimum absolute atomic E-state index is 0.0335. The molecule has 35 heavy (non-hydrogen) atoms. The van der Waals surface area contributed by atoms with Gasteiger partial charge < -0.3 is 0 Å². The fourth-order valence-electron chi connectivity index (χ4n) is 4.56. The first-order chi connectivity index (χ1) is 16.1. The normalized spacial score (nSPS) is 22.5. The van der Waals surface area contributed by atoms with Crippen molar-refractivity contribution < 1.29 is 31.2 Å². The maximum absolute atomic E-state index is 14.9. The second-order valence-corrected chi connectivity index (χ2v) is 11.7. The van der Waals surface area contributed by atoms with Gasteiger partial charge in [-0.05, 0) is 55.2 Å². The maximum atomic E-state index is 14.9. The zero-order chi connectivity index (χ0) is 26.0. The molecule has 4 rings (SSSR count). The highest BCUT2D eigenvalue weighted by atomic mass is 35.5. The molecule has 1 atom stereocenters. The Balaban J connectivity index is 1.98. The lowest BCUT2D eigenvalue weighted by Gasteiger charge is -2.35. The summed E-state index contributed by atoms with van der Waals surface area (Å²) in [6, 6.07) is 10.6. The van der Waals surface area contributed by atoms with Gasteiger partial charge in [0.25, 0.3) is 5.91 Å². The Bertz CT molecular complexity index is 1350. The van der Waals surface area contributed by atoms with E-state index in [0.29, 0.717) is 0 Å². The van der Waals surface area contributed by atoms with Gasteiger partial charge in [-0.15, -0.1) is 0 Å². The van der Waals surface area contributed by atoms with Gasteiger partial charge in [0.05, 0.1) is 10.5 Å². The molecule has 1 aliphatic carbocycles. The summed E-state index contributed by atoms with van der Waals surface area (Å²) in [5.41, 5.74) is -4.64. The third kappa shape index (κ3) is 4.17. The largest absolute Gasteiger partial charge is 0.421 e. The maximum Gasteiger partial charge on any atom is 0.421 e. The van der Waals surface area contributed by atoms with Gasteiger partial charge in [0, 0.05) is 22.8 Å². The molecule has 1 N–H and O–H groups in total. The van der Waals surface area contributed by atoms with E-state index in [-0.39, 0.29) is 29.2 Å². The SMILES string of the molecule is Cc1ccc(N2C(=O)C(NS(=O)(=O)c3ccc(Cl)cc3)(C(F)(F)F)C3=C2CC(C)(C)CC3=O)cc1. The summed E-state index contributed by atoms with van der Waals surface area (Å²) in [5.74, 6) is -2.53. The van der Waals surface area contributed by atoms with Gasteiger partial charge in [0.1, 0.15) is 0 Å². The van der Waals surface area contributed by atoms with Gasteiger partial charge in [-0.2, -0.15) is 17.9 Å². The fraction of sp³-hybridized carbons (Fsp3) is 0.333. The lowest BCUT2D eigenvalue weighted by Crippen LogP contribution is -2.66. The predicted molar refractivity (Wildman–Crippen MR) is 124 cm³/mol. The highest BCUT2D eigenvalue weighted by molar-refractivity contribution is 7.89. The summed E-state index contributed by atoms with van der Waals surface area (Å²) >= 11 is 5.78. The molecule has 1 amide bonds. The van der Waals surface area contributed by atoms with Crippen molar-refractivity contribution in [3.05, 3.63) is 70.4 Å². The van der Waals surface area contributed by atoms with E-state index in [0.717, 1.165) is 22.6 Å². The number of Topliss-reactive ketones (excluding diaryl/α,β-unsaturated/α-hetero) is 1. The van der Waals surface area contributed by atoms with Crippen LogP contribution in [0.25, 0.3) is 0 Å². The minimum Gasteiger partial charge on any atom is -0.294 e. The van der Waals surface area contributed by atoms with Crippen LogP contribution in [-0.4, -0.2) is 31.8 Å². The zero-order valence-corrected chi connectivity index (χ0v) is 20.6. The first-order valence-corrected chi connectivity index (χ1v) is 12.5. The number of benzene rings is 2. The van der Waals surface area contributed by atoms with Gasteiger partial charge in [-0.3, -0.25) is 14.5 Å². The number of anilines is 1. The van der Waals surface area contributed by atoms with Crippen LogP contribution in [0.15, 0.2) is 64.7 Å². The fourth-order valence-corrected chi connectivity index (χ4v) is 6.00.